The first-order chi connectivity index (χ1) is 12.0. The maximum Gasteiger partial charge on any atom is 0.407 e. The quantitative estimate of drug-likeness (QED) is 0.899. The second kappa shape index (κ2) is 7.21. The highest BCUT2D eigenvalue weighted by Crippen LogP contribution is 2.18. The molecule has 1 aliphatic heterocycles. The van der Waals surface area contributed by atoms with Crippen molar-refractivity contribution in [1.82, 2.24) is 4.90 Å². The Labute approximate surface area is 144 Å². The van der Waals surface area contributed by atoms with Gasteiger partial charge in [0.05, 0.1) is 0 Å². The summed E-state index contributed by atoms with van der Waals surface area (Å²) in [6.07, 6.45) is -0.896. The average molecular weight is 343 g/mol. The van der Waals surface area contributed by atoms with Crippen molar-refractivity contribution in [2.75, 3.05) is 36.4 Å². The fourth-order valence-electron chi connectivity index (χ4n) is 2.72. The van der Waals surface area contributed by atoms with Crippen molar-refractivity contribution in [1.29, 1.82) is 0 Å². The Morgan fingerprint density at radius 3 is 2.08 bits per heavy atom. The molecule has 1 heterocycles. The molecule has 0 aliphatic carbocycles. The molecular formula is C18H18FN3O3. The molecule has 0 saturated carbocycles. The number of rotatable bonds is 3. The molecular weight excluding hydrogens is 325 g/mol. The van der Waals surface area contributed by atoms with E-state index in [1.165, 1.54) is 29.2 Å². The second-order valence-electron chi connectivity index (χ2n) is 5.76. The smallest absolute Gasteiger partial charge is 0.407 e. The van der Waals surface area contributed by atoms with Crippen molar-refractivity contribution in [2.45, 2.75) is 0 Å². The Morgan fingerprint density at radius 2 is 1.52 bits per heavy atom. The van der Waals surface area contributed by atoms with Crippen LogP contribution in [0.25, 0.3) is 0 Å². The maximum atomic E-state index is 12.9. The fraction of sp³-hybridized carbons (Fsp3) is 0.222. The van der Waals surface area contributed by atoms with Crippen LogP contribution in [0, 0.1) is 5.82 Å². The molecule has 1 fully saturated rings. The van der Waals surface area contributed by atoms with Crippen LogP contribution in [0.15, 0.2) is 48.5 Å². The van der Waals surface area contributed by atoms with Crippen molar-refractivity contribution >= 4 is 23.4 Å². The Hall–Kier alpha value is -3.09. The van der Waals surface area contributed by atoms with Crippen molar-refractivity contribution in [3.05, 3.63) is 59.9 Å². The van der Waals surface area contributed by atoms with Crippen LogP contribution in [-0.2, 0) is 0 Å². The van der Waals surface area contributed by atoms with Gasteiger partial charge >= 0.3 is 6.09 Å². The number of halogens is 1. The minimum atomic E-state index is -0.896. The predicted octanol–water partition coefficient (Wildman–Crippen LogP) is 2.88. The molecule has 0 atom stereocenters. The molecule has 0 aromatic heterocycles. The van der Waals surface area contributed by atoms with Gasteiger partial charge in [0.25, 0.3) is 5.91 Å². The lowest BCUT2D eigenvalue weighted by atomic mass is 10.1. The van der Waals surface area contributed by atoms with E-state index in [1.54, 1.807) is 12.1 Å². The van der Waals surface area contributed by atoms with Gasteiger partial charge in [-0.1, -0.05) is 0 Å². The third-order valence-corrected chi connectivity index (χ3v) is 4.15. The van der Waals surface area contributed by atoms with Crippen LogP contribution < -0.4 is 10.2 Å². The average Bonchev–Trinajstić information content (AvgIpc) is 2.64. The first-order valence-corrected chi connectivity index (χ1v) is 7.93. The van der Waals surface area contributed by atoms with E-state index in [4.69, 9.17) is 5.11 Å². The van der Waals surface area contributed by atoms with Crippen molar-refractivity contribution in [3.63, 3.8) is 0 Å². The molecule has 0 bridgehead atoms. The van der Waals surface area contributed by atoms with Crippen LogP contribution in [0.1, 0.15) is 10.4 Å². The number of hydrogen-bond acceptors (Lipinski definition) is 3. The molecule has 2 amide bonds. The summed E-state index contributed by atoms with van der Waals surface area (Å²) in [5, 5.41) is 11.7. The van der Waals surface area contributed by atoms with Crippen molar-refractivity contribution in [3.8, 4) is 0 Å². The molecule has 2 aromatic rings. The lowest BCUT2D eigenvalue weighted by molar-refractivity contribution is 0.102. The monoisotopic (exact) mass is 343 g/mol. The number of nitrogens with one attached hydrogen (secondary N) is 1. The largest absolute Gasteiger partial charge is 0.465 e. The van der Waals surface area contributed by atoms with Gasteiger partial charge in [0, 0.05) is 43.1 Å². The van der Waals surface area contributed by atoms with Crippen LogP contribution in [-0.4, -0.2) is 48.2 Å². The van der Waals surface area contributed by atoms with Crippen LogP contribution in [0.4, 0.5) is 20.6 Å². The van der Waals surface area contributed by atoms with Gasteiger partial charge in [-0.3, -0.25) is 4.79 Å². The third kappa shape index (κ3) is 4.06. The topological polar surface area (TPSA) is 72.9 Å². The minimum absolute atomic E-state index is 0.270. The Bertz CT molecular complexity index is 754. The summed E-state index contributed by atoms with van der Waals surface area (Å²) in [6.45, 7) is 2.16. The first-order valence-electron chi connectivity index (χ1n) is 7.93. The lowest BCUT2D eigenvalue weighted by Gasteiger charge is -2.34. The van der Waals surface area contributed by atoms with Gasteiger partial charge in [0.15, 0.2) is 0 Å². The van der Waals surface area contributed by atoms with Gasteiger partial charge in [0.1, 0.15) is 5.82 Å². The Balaban J connectivity index is 1.61. The van der Waals surface area contributed by atoms with Gasteiger partial charge in [-0.25, -0.2) is 9.18 Å². The van der Waals surface area contributed by atoms with Crippen LogP contribution in [0.5, 0.6) is 0 Å². The zero-order valence-electron chi connectivity index (χ0n) is 13.5. The Kier molecular flexibility index (Phi) is 4.83. The predicted molar refractivity (Wildman–Crippen MR) is 92.6 cm³/mol. The highest BCUT2D eigenvalue weighted by Gasteiger charge is 2.20. The van der Waals surface area contributed by atoms with E-state index in [0.29, 0.717) is 37.4 Å². The lowest BCUT2D eigenvalue weighted by Crippen LogP contribution is -2.48. The molecule has 2 aromatic carbocycles. The number of piperazine rings is 1. The summed E-state index contributed by atoms with van der Waals surface area (Å²) in [4.78, 5) is 26.6. The zero-order chi connectivity index (χ0) is 17.8. The number of anilines is 2. The number of carbonyl (C=O) groups is 2. The summed E-state index contributed by atoms with van der Waals surface area (Å²) in [7, 11) is 0. The highest BCUT2D eigenvalue weighted by atomic mass is 19.1. The van der Waals surface area contributed by atoms with Crippen molar-refractivity contribution < 1.29 is 19.1 Å². The van der Waals surface area contributed by atoms with Gasteiger partial charge in [-0.2, -0.15) is 0 Å². The molecule has 3 rings (SSSR count). The first kappa shape index (κ1) is 16.8. The number of benzene rings is 2. The highest BCUT2D eigenvalue weighted by molar-refractivity contribution is 6.04. The van der Waals surface area contributed by atoms with E-state index >= 15 is 0 Å². The number of carbonyl (C=O) groups excluding carboxylic acids is 1. The molecule has 0 spiro atoms. The van der Waals surface area contributed by atoms with Gasteiger partial charge < -0.3 is 20.2 Å². The van der Waals surface area contributed by atoms with Crippen LogP contribution >= 0.6 is 0 Å². The summed E-state index contributed by atoms with van der Waals surface area (Å²) in [5.74, 6) is -0.626. The molecule has 7 heteroatoms. The molecule has 0 radical (unpaired) electrons. The Morgan fingerprint density at radius 1 is 0.920 bits per heavy atom. The number of nitrogens with zero attached hydrogens (tertiary/aromatic N) is 2. The van der Waals surface area contributed by atoms with E-state index in [-0.39, 0.29) is 11.7 Å². The number of hydrogen-bond donors (Lipinski definition) is 2. The SMILES string of the molecule is O=C(Nc1ccc(F)cc1)c1ccc(N2CCN(C(=O)O)CC2)cc1. The van der Waals surface area contributed by atoms with Gasteiger partial charge in [0.2, 0.25) is 0 Å². The number of amides is 2. The van der Waals surface area contributed by atoms with E-state index in [9.17, 15) is 14.0 Å². The molecule has 2 N–H and O–H groups in total. The standard InChI is InChI=1S/C18H18FN3O3/c19-14-3-5-15(6-4-14)20-17(23)13-1-7-16(8-2-13)21-9-11-22(12-10-21)18(24)25/h1-8H,9-12H2,(H,20,23)(H,24,25). The van der Waals surface area contributed by atoms with Gasteiger partial charge in [-0.05, 0) is 48.5 Å². The summed E-state index contributed by atoms with van der Waals surface area (Å²) >= 11 is 0. The van der Waals surface area contributed by atoms with Crippen molar-refractivity contribution in [2.24, 2.45) is 0 Å². The zero-order valence-corrected chi connectivity index (χ0v) is 13.5. The fourth-order valence-corrected chi connectivity index (χ4v) is 2.72. The molecule has 0 unspecified atom stereocenters. The van der Waals surface area contributed by atoms with Gasteiger partial charge in [-0.15, -0.1) is 0 Å². The second-order valence-corrected chi connectivity index (χ2v) is 5.76. The molecule has 25 heavy (non-hydrogen) atoms. The molecule has 6 nitrogen and oxygen atoms in total. The van der Waals surface area contributed by atoms with E-state index in [2.05, 4.69) is 10.2 Å². The third-order valence-electron chi connectivity index (χ3n) is 4.15. The van der Waals surface area contributed by atoms with E-state index in [1.807, 2.05) is 12.1 Å². The summed E-state index contributed by atoms with van der Waals surface area (Å²) in [5.41, 5.74) is 1.97. The van der Waals surface area contributed by atoms with E-state index < -0.39 is 6.09 Å². The normalized spacial score (nSPS) is 14.3. The minimum Gasteiger partial charge on any atom is -0.465 e. The van der Waals surface area contributed by atoms with Crippen LogP contribution in [0.3, 0.4) is 0 Å². The molecule has 1 aliphatic rings. The van der Waals surface area contributed by atoms with Crippen LogP contribution in [0.2, 0.25) is 0 Å². The number of carboxylic acid groups (broad SMARTS) is 1. The molecule has 130 valence electrons. The molecule has 1 saturated heterocycles. The summed E-state index contributed by atoms with van der Waals surface area (Å²) in [6, 6.07) is 12.7. The summed E-state index contributed by atoms with van der Waals surface area (Å²) < 4.78 is 12.9. The van der Waals surface area contributed by atoms with E-state index in [0.717, 1.165) is 5.69 Å². The maximum absolute atomic E-state index is 12.9.